The molecule has 0 fully saturated rings. The van der Waals surface area contributed by atoms with Crippen LogP contribution in [0.1, 0.15) is 18.1 Å². The van der Waals surface area contributed by atoms with Crippen molar-refractivity contribution in [2.75, 3.05) is 18.8 Å². The number of nitrogen functional groups attached to an aromatic ring is 1. The van der Waals surface area contributed by atoms with Crippen LogP contribution in [0.4, 0.5) is 5.95 Å². The molecular weight excluding hydrogens is 404 g/mol. The molecule has 0 aliphatic carbocycles. The second-order valence-corrected chi connectivity index (χ2v) is 8.33. The zero-order chi connectivity index (χ0) is 21.7. The number of anilines is 1. The maximum absolute atomic E-state index is 6.21. The molecule has 0 spiro atoms. The number of fused-ring (bicyclic) bond motifs is 4. The van der Waals surface area contributed by atoms with E-state index in [-0.39, 0.29) is 5.95 Å². The number of rotatable bonds is 4. The van der Waals surface area contributed by atoms with Gasteiger partial charge in [0, 0.05) is 19.1 Å². The van der Waals surface area contributed by atoms with Crippen molar-refractivity contribution in [2.45, 2.75) is 32.4 Å². The lowest BCUT2D eigenvalue weighted by Crippen LogP contribution is -2.37. The molecule has 2 N–H and O–H groups in total. The van der Waals surface area contributed by atoms with E-state index < -0.39 is 0 Å². The van der Waals surface area contributed by atoms with Crippen LogP contribution in [0.25, 0.3) is 28.3 Å². The smallest absolute Gasteiger partial charge is 0.225 e. The summed E-state index contributed by atoms with van der Waals surface area (Å²) >= 11 is 0. The van der Waals surface area contributed by atoms with Gasteiger partial charge >= 0.3 is 0 Å². The summed E-state index contributed by atoms with van der Waals surface area (Å²) in [6.07, 6.45) is 5.52. The van der Waals surface area contributed by atoms with E-state index in [2.05, 4.69) is 56.3 Å². The monoisotopic (exact) mass is 428 g/mol. The minimum atomic E-state index is 0.276. The molecule has 9 heteroatoms. The molecule has 9 nitrogen and oxygen atoms in total. The lowest BCUT2D eigenvalue weighted by molar-refractivity contribution is 0.206. The Bertz CT molecular complexity index is 1400. The summed E-state index contributed by atoms with van der Waals surface area (Å²) in [5.41, 5.74) is 10.5. The largest absolute Gasteiger partial charge is 0.461 e. The lowest BCUT2D eigenvalue weighted by atomic mass is 10.0. The van der Waals surface area contributed by atoms with Gasteiger partial charge < -0.3 is 10.2 Å². The second kappa shape index (κ2) is 7.45. The maximum atomic E-state index is 6.21. The number of hydrogen-bond donors (Lipinski definition) is 1. The topological polar surface area (TPSA) is 103 Å². The first-order chi connectivity index (χ1) is 15.7. The summed E-state index contributed by atoms with van der Waals surface area (Å²) in [6.45, 7) is 4.96. The average Bonchev–Trinajstić information content (AvgIpc) is 3.52. The summed E-state index contributed by atoms with van der Waals surface area (Å²) < 4.78 is 8.89. The first kappa shape index (κ1) is 19.0. The number of benzene rings is 1. The van der Waals surface area contributed by atoms with E-state index in [1.165, 1.54) is 11.1 Å². The van der Waals surface area contributed by atoms with Crippen LogP contribution in [0, 0.1) is 0 Å². The Morgan fingerprint density at radius 1 is 1.06 bits per heavy atom. The first-order valence-electron chi connectivity index (χ1n) is 10.9. The third-order valence-electron chi connectivity index (χ3n) is 6.36. The standard InChI is InChI=1S/C23H24N8O/c1-15-13-17-6-3-2-5-16(17)8-9-29(15)10-11-30-21-18(14-25-30)22-26-20(19-7-4-12-32-19)28-31(22)23(24)27-21/h2-7,12,14-15H,8-11,13H2,1H3,(H2,24,27). The van der Waals surface area contributed by atoms with Crippen molar-refractivity contribution >= 4 is 22.6 Å². The van der Waals surface area contributed by atoms with Crippen molar-refractivity contribution in [1.29, 1.82) is 0 Å². The highest BCUT2D eigenvalue weighted by Gasteiger charge is 2.21. The Kier molecular flexibility index (Phi) is 4.43. The summed E-state index contributed by atoms with van der Waals surface area (Å²) in [5, 5.41) is 9.87. The molecule has 5 aromatic rings. The predicted molar refractivity (Wildman–Crippen MR) is 121 cm³/mol. The van der Waals surface area contributed by atoms with Gasteiger partial charge in [0.2, 0.25) is 11.8 Å². The minimum Gasteiger partial charge on any atom is -0.461 e. The Morgan fingerprint density at radius 3 is 2.78 bits per heavy atom. The molecule has 4 aromatic heterocycles. The van der Waals surface area contributed by atoms with Crippen LogP contribution in [-0.2, 0) is 19.4 Å². The molecule has 0 saturated carbocycles. The van der Waals surface area contributed by atoms with Gasteiger partial charge in [0.1, 0.15) is 0 Å². The van der Waals surface area contributed by atoms with Gasteiger partial charge in [0.25, 0.3) is 0 Å². The SMILES string of the molecule is CC1Cc2ccccc2CCN1CCn1ncc2c1nc(N)n1nc(-c3ccco3)nc21. The Hall–Kier alpha value is -3.72. The molecule has 162 valence electrons. The van der Waals surface area contributed by atoms with Crippen LogP contribution in [0.15, 0.2) is 53.3 Å². The van der Waals surface area contributed by atoms with Crippen LogP contribution in [0.2, 0.25) is 0 Å². The van der Waals surface area contributed by atoms with Crippen molar-refractivity contribution < 1.29 is 4.42 Å². The molecule has 1 aliphatic rings. The quantitative estimate of drug-likeness (QED) is 0.469. The van der Waals surface area contributed by atoms with Gasteiger partial charge in [0.15, 0.2) is 17.1 Å². The molecule has 0 amide bonds. The minimum absolute atomic E-state index is 0.276. The number of nitrogens with two attached hydrogens (primary N) is 1. The summed E-state index contributed by atoms with van der Waals surface area (Å²) in [5.74, 6) is 1.34. The van der Waals surface area contributed by atoms with Crippen molar-refractivity contribution in [3.05, 3.63) is 60.0 Å². The van der Waals surface area contributed by atoms with Gasteiger partial charge in [-0.1, -0.05) is 24.3 Å². The number of furan rings is 1. The van der Waals surface area contributed by atoms with Gasteiger partial charge in [-0.2, -0.15) is 14.6 Å². The Balaban J connectivity index is 1.27. The first-order valence-corrected chi connectivity index (χ1v) is 10.9. The third-order valence-corrected chi connectivity index (χ3v) is 6.36. The van der Waals surface area contributed by atoms with Gasteiger partial charge in [-0.05, 0) is 43.0 Å². The van der Waals surface area contributed by atoms with Crippen LogP contribution < -0.4 is 5.73 Å². The molecule has 0 bridgehead atoms. The van der Waals surface area contributed by atoms with Crippen molar-refractivity contribution in [1.82, 2.24) is 34.3 Å². The summed E-state index contributed by atoms with van der Waals surface area (Å²) in [7, 11) is 0. The van der Waals surface area contributed by atoms with E-state index in [9.17, 15) is 0 Å². The van der Waals surface area contributed by atoms with Gasteiger partial charge in [0.05, 0.1) is 24.4 Å². The molecule has 5 heterocycles. The van der Waals surface area contributed by atoms with Crippen LogP contribution in [0.5, 0.6) is 0 Å². The summed E-state index contributed by atoms with van der Waals surface area (Å²) in [4.78, 5) is 11.7. The fourth-order valence-corrected chi connectivity index (χ4v) is 4.62. The molecule has 0 radical (unpaired) electrons. The molecule has 0 saturated heterocycles. The van der Waals surface area contributed by atoms with E-state index in [4.69, 9.17) is 10.2 Å². The van der Waals surface area contributed by atoms with Crippen molar-refractivity contribution in [3.8, 4) is 11.6 Å². The number of hydrogen-bond acceptors (Lipinski definition) is 7. The van der Waals surface area contributed by atoms with Crippen LogP contribution >= 0.6 is 0 Å². The van der Waals surface area contributed by atoms with E-state index >= 15 is 0 Å². The van der Waals surface area contributed by atoms with Crippen LogP contribution in [-0.4, -0.2) is 53.4 Å². The van der Waals surface area contributed by atoms with Gasteiger partial charge in [-0.15, -0.1) is 5.10 Å². The lowest BCUT2D eigenvalue weighted by Gasteiger charge is -2.26. The normalized spacial score (nSPS) is 17.1. The predicted octanol–water partition coefficient (Wildman–Crippen LogP) is 2.81. The Labute approximate surface area is 184 Å². The maximum Gasteiger partial charge on any atom is 0.225 e. The van der Waals surface area contributed by atoms with Gasteiger partial charge in [-0.3, -0.25) is 4.90 Å². The van der Waals surface area contributed by atoms with E-state index in [0.29, 0.717) is 23.3 Å². The molecule has 1 aliphatic heterocycles. The molecular formula is C23H24N8O. The second-order valence-electron chi connectivity index (χ2n) is 8.33. The molecule has 1 aromatic carbocycles. The van der Waals surface area contributed by atoms with Crippen LogP contribution in [0.3, 0.4) is 0 Å². The zero-order valence-electron chi connectivity index (χ0n) is 17.8. The molecule has 32 heavy (non-hydrogen) atoms. The zero-order valence-corrected chi connectivity index (χ0v) is 17.8. The van der Waals surface area contributed by atoms with E-state index in [0.717, 1.165) is 43.5 Å². The van der Waals surface area contributed by atoms with E-state index in [1.54, 1.807) is 23.0 Å². The summed E-state index contributed by atoms with van der Waals surface area (Å²) in [6, 6.07) is 12.9. The van der Waals surface area contributed by atoms with Crippen molar-refractivity contribution in [2.24, 2.45) is 0 Å². The fourth-order valence-electron chi connectivity index (χ4n) is 4.62. The fraction of sp³-hybridized carbons (Fsp3) is 0.304. The number of nitrogens with zero attached hydrogens (tertiary/aromatic N) is 7. The number of aromatic nitrogens is 6. The molecule has 1 atom stereocenters. The molecule has 6 rings (SSSR count). The average molecular weight is 429 g/mol. The van der Waals surface area contributed by atoms with Gasteiger partial charge in [-0.25, -0.2) is 9.67 Å². The third kappa shape index (κ3) is 3.13. The molecule has 1 unspecified atom stereocenters. The highest BCUT2D eigenvalue weighted by atomic mass is 16.3. The van der Waals surface area contributed by atoms with Crippen molar-refractivity contribution in [3.63, 3.8) is 0 Å². The Morgan fingerprint density at radius 2 is 1.94 bits per heavy atom. The van der Waals surface area contributed by atoms with E-state index in [1.807, 2.05) is 10.7 Å². The highest BCUT2D eigenvalue weighted by molar-refractivity contribution is 5.90. The highest BCUT2D eigenvalue weighted by Crippen LogP contribution is 2.24.